The molecule has 1 aliphatic rings. The van der Waals surface area contributed by atoms with Crippen molar-refractivity contribution in [1.82, 2.24) is 0 Å². The van der Waals surface area contributed by atoms with E-state index in [9.17, 15) is 0 Å². The molecule has 0 spiro atoms. The Kier molecular flexibility index (Phi) is 23.7. The van der Waals surface area contributed by atoms with Crippen molar-refractivity contribution < 1.29 is 14.5 Å². The normalized spacial score (nSPS) is 15.6. The summed E-state index contributed by atoms with van der Waals surface area (Å²) in [6.45, 7) is 5.32. The Morgan fingerprint density at radius 1 is 0.588 bits per heavy atom. The van der Waals surface area contributed by atoms with Gasteiger partial charge in [-0.2, -0.15) is 0 Å². The summed E-state index contributed by atoms with van der Waals surface area (Å²) in [5, 5.41) is 0. The van der Waals surface area contributed by atoms with E-state index in [0.717, 1.165) is 19.4 Å². The zero-order valence-corrected chi connectivity index (χ0v) is 26.7. The second kappa shape index (κ2) is 24.4. The predicted octanol–water partition coefficient (Wildman–Crippen LogP) is 10.0. The SMILES string of the molecule is CCCCCCCCCCCCCCCCCCOC1(C[CH](S)[Sn][CH2]CCCCCCC)OO1. The van der Waals surface area contributed by atoms with E-state index in [1.54, 1.807) is 0 Å². The maximum atomic E-state index is 5.94. The van der Waals surface area contributed by atoms with Gasteiger partial charge in [-0.25, -0.2) is 0 Å². The molecular weight excluding hydrogens is 547 g/mol. The predicted molar refractivity (Wildman–Crippen MR) is 152 cm³/mol. The van der Waals surface area contributed by atoms with Gasteiger partial charge in [-0.3, -0.25) is 0 Å². The molecule has 1 heterocycles. The molecule has 0 amide bonds. The van der Waals surface area contributed by atoms with Gasteiger partial charge in [0.2, 0.25) is 0 Å². The summed E-state index contributed by atoms with van der Waals surface area (Å²) in [4.78, 5) is 10.4. The second-order valence-electron chi connectivity index (χ2n) is 10.4. The minimum absolute atomic E-state index is 0.465. The molecular formula is C29H58O3SSn. The van der Waals surface area contributed by atoms with Gasteiger partial charge >= 0.3 is 165 Å². The standard InChI is InChI=1S/C21H41O3S.C8H17.Sn/c1-2-3-4-5-6-7-8-9-10-11-12-13-14-15-16-17-19-22-21(18-20-25)23-24-21;1-3-5-7-8-6-4-2;/h20,25H,2-19H2,1H3;1,3-8H2,2H3;. The fourth-order valence-electron chi connectivity index (χ4n) is 4.58. The number of thiol groups is 1. The molecule has 34 heavy (non-hydrogen) atoms. The number of hydrogen-bond donors (Lipinski definition) is 1. The van der Waals surface area contributed by atoms with Gasteiger partial charge in [-0.05, 0) is 0 Å². The van der Waals surface area contributed by atoms with Gasteiger partial charge in [0.15, 0.2) is 0 Å². The van der Waals surface area contributed by atoms with E-state index in [2.05, 4.69) is 13.8 Å². The molecule has 2 radical (unpaired) electrons. The van der Waals surface area contributed by atoms with Crippen molar-refractivity contribution in [2.75, 3.05) is 6.61 Å². The number of rotatable bonds is 28. The average Bonchev–Trinajstić information content (AvgIpc) is 3.59. The first kappa shape index (κ1) is 33.1. The van der Waals surface area contributed by atoms with Gasteiger partial charge in [0.05, 0.1) is 0 Å². The van der Waals surface area contributed by atoms with Crippen molar-refractivity contribution in [3.63, 3.8) is 0 Å². The van der Waals surface area contributed by atoms with E-state index in [1.165, 1.54) is 139 Å². The van der Waals surface area contributed by atoms with Crippen LogP contribution in [0.4, 0.5) is 0 Å². The topological polar surface area (TPSA) is 34.3 Å². The van der Waals surface area contributed by atoms with Crippen LogP contribution in [0.3, 0.4) is 0 Å². The molecule has 0 aromatic heterocycles. The zero-order chi connectivity index (χ0) is 24.6. The van der Waals surface area contributed by atoms with Crippen LogP contribution in [0.5, 0.6) is 0 Å². The Morgan fingerprint density at radius 2 is 0.971 bits per heavy atom. The molecule has 5 heteroatoms. The first-order chi connectivity index (χ1) is 16.7. The molecule has 1 aliphatic heterocycles. The molecule has 1 unspecified atom stereocenters. The molecule has 202 valence electrons. The zero-order valence-electron chi connectivity index (χ0n) is 22.9. The second-order valence-corrected chi connectivity index (χ2v) is 17.0. The monoisotopic (exact) mass is 606 g/mol. The van der Waals surface area contributed by atoms with Crippen LogP contribution in [0.2, 0.25) is 4.44 Å². The summed E-state index contributed by atoms with van der Waals surface area (Å²) >= 11 is 4.35. The maximum absolute atomic E-state index is 5.94. The molecule has 1 atom stereocenters. The molecule has 0 aromatic rings. The van der Waals surface area contributed by atoms with Crippen LogP contribution in [-0.4, -0.2) is 37.0 Å². The molecule has 0 N–H and O–H groups in total. The van der Waals surface area contributed by atoms with Crippen LogP contribution in [0, 0.1) is 0 Å². The third-order valence-corrected chi connectivity index (χ3v) is 12.1. The van der Waals surface area contributed by atoms with Gasteiger partial charge in [0.1, 0.15) is 0 Å². The van der Waals surface area contributed by atoms with Crippen LogP contribution in [-0.2, 0) is 14.5 Å². The first-order valence-electron chi connectivity index (χ1n) is 15.1. The van der Waals surface area contributed by atoms with Crippen LogP contribution in [0.25, 0.3) is 0 Å². The molecule has 0 aromatic carbocycles. The molecule has 0 aliphatic carbocycles. The Labute approximate surface area is 229 Å². The molecule has 3 nitrogen and oxygen atoms in total. The number of unbranched alkanes of at least 4 members (excludes halogenated alkanes) is 20. The summed E-state index contributed by atoms with van der Waals surface area (Å²) in [6.07, 6.45) is 31.4. The van der Waals surface area contributed by atoms with Gasteiger partial charge in [0.25, 0.3) is 0 Å². The Morgan fingerprint density at radius 3 is 1.38 bits per heavy atom. The van der Waals surface area contributed by atoms with E-state index in [1.807, 2.05) is 0 Å². The molecule has 1 fully saturated rings. The van der Waals surface area contributed by atoms with E-state index in [4.69, 9.17) is 27.1 Å². The van der Waals surface area contributed by atoms with Gasteiger partial charge < -0.3 is 0 Å². The number of hydrogen-bond acceptors (Lipinski definition) is 4. The summed E-state index contributed by atoms with van der Waals surface area (Å²) < 4.78 is 7.82. The van der Waals surface area contributed by atoms with Crippen molar-refractivity contribution in [3.8, 4) is 0 Å². The van der Waals surface area contributed by atoms with Crippen molar-refractivity contribution >= 4 is 33.8 Å². The average molecular weight is 606 g/mol. The van der Waals surface area contributed by atoms with Crippen molar-refractivity contribution in [2.45, 2.75) is 175 Å². The van der Waals surface area contributed by atoms with Crippen LogP contribution in [0.15, 0.2) is 0 Å². The van der Waals surface area contributed by atoms with E-state index in [-0.39, 0.29) is 0 Å². The van der Waals surface area contributed by atoms with E-state index < -0.39 is 27.1 Å². The van der Waals surface area contributed by atoms with E-state index in [0.29, 0.717) is 3.27 Å². The van der Waals surface area contributed by atoms with Crippen molar-refractivity contribution in [3.05, 3.63) is 0 Å². The molecule has 0 bridgehead atoms. The fourth-order valence-corrected chi connectivity index (χ4v) is 9.04. The Hall–Kier alpha value is 1.03. The Bertz CT molecular complexity index is 420. The van der Waals surface area contributed by atoms with Crippen LogP contribution >= 0.6 is 12.6 Å². The summed E-state index contributed by atoms with van der Waals surface area (Å²) in [7, 11) is 0. The summed E-state index contributed by atoms with van der Waals surface area (Å²) in [5.41, 5.74) is 0. The third-order valence-electron chi connectivity index (χ3n) is 6.94. The van der Waals surface area contributed by atoms with Gasteiger partial charge in [-0.1, -0.05) is 64.7 Å². The van der Waals surface area contributed by atoms with Crippen molar-refractivity contribution in [2.24, 2.45) is 0 Å². The van der Waals surface area contributed by atoms with Crippen LogP contribution in [0.1, 0.15) is 162 Å². The van der Waals surface area contributed by atoms with Gasteiger partial charge in [0, 0.05) is 0 Å². The first-order valence-corrected chi connectivity index (χ1v) is 19.3. The quantitative estimate of drug-likeness (QED) is 0.0317. The molecule has 1 saturated heterocycles. The third kappa shape index (κ3) is 21.1. The summed E-state index contributed by atoms with van der Waals surface area (Å²) in [5.74, 6) is -0.732. The molecule has 1 rings (SSSR count). The number of ether oxygens (including phenoxy) is 1. The Balaban J connectivity index is 1.80. The fraction of sp³-hybridized carbons (Fsp3) is 1.00. The van der Waals surface area contributed by atoms with Gasteiger partial charge in [-0.15, -0.1) is 0 Å². The van der Waals surface area contributed by atoms with Crippen molar-refractivity contribution in [1.29, 1.82) is 0 Å². The molecule has 0 saturated carbocycles. The minimum atomic E-state index is -0.732. The summed E-state index contributed by atoms with van der Waals surface area (Å²) in [6, 6.07) is 0. The van der Waals surface area contributed by atoms with Crippen LogP contribution < -0.4 is 0 Å². The van der Waals surface area contributed by atoms with E-state index >= 15 is 0 Å².